The van der Waals surface area contributed by atoms with Crippen molar-refractivity contribution in [2.75, 3.05) is 0 Å². The molecule has 0 saturated heterocycles. The van der Waals surface area contributed by atoms with Gasteiger partial charge in [0.15, 0.2) is 0 Å². The van der Waals surface area contributed by atoms with Crippen LogP contribution in [0.25, 0.3) is 0 Å². The van der Waals surface area contributed by atoms with Gasteiger partial charge in [0, 0.05) is 12.1 Å². The number of hydrogen-bond acceptors (Lipinski definition) is 2. The first kappa shape index (κ1) is 12.4. The van der Waals surface area contributed by atoms with Crippen LogP contribution in [0.3, 0.4) is 0 Å². The van der Waals surface area contributed by atoms with Crippen LogP contribution in [0.15, 0.2) is 6.07 Å². The summed E-state index contributed by atoms with van der Waals surface area (Å²) in [4.78, 5) is 8.75. The number of hydrogen-bond donors (Lipinski definition) is 0. The fourth-order valence-corrected chi connectivity index (χ4v) is 1.72. The Bertz CT molecular complexity index is 293. The highest BCUT2D eigenvalue weighted by Gasteiger charge is 2.06. The Morgan fingerprint density at radius 3 is 2.20 bits per heavy atom. The van der Waals surface area contributed by atoms with Gasteiger partial charge in [-0.25, -0.2) is 9.97 Å². The fourth-order valence-electron chi connectivity index (χ4n) is 1.50. The van der Waals surface area contributed by atoms with E-state index in [0.717, 1.165) is 24.4 Å². The quantitative estimate of drug-likeness (QED) is 0.735. The highest BCUT2D eigenvalue weighted by Crippen LogP contribution is 2.13. The molecule has 0 aliphatic carbocycles. The van der Waals surface area contributed by atoms with Gasteiger partial charge in [-0.05, 0) is 24.3 Å². The zero-order chi connectivity index (χ0) is 11.4. The van der Waals surface area contributed by atoms with E-state index in [1.165, 1.54) is 0 Å². The second-order valence-corrected chi connectivity index (χ2v) is 5.18. The van der Waals surface area contributed by atoms with Gasteiger partial charge in [0.2, 0.25) is 0 Å². The summed E-state index contributed by atoms with van der Waals surface area (Å²) in [5, 5.41) is 0.566. The Kier molecular flexibility index (Phi) is 4.52. The minimum absolute atomic E-state index is 0.565. The number of halogens is 1. The molecule has 0 saturated carbocycles. The molecule has 2 nitrogen and oxygen atoms in total. The lowest BCUT2D eigenvalue weighted by atomic mass is 10.1. The summed E-state index contributed by atoms with van der Waals surface area (Å²) in [6.45, 7) is 8.68. The molecule has 84 valence electrons. The molecule has 3 heteroatoms. The van der Waals surface area contributed by atoms with E-state index in [0.29, 0.717) is 17.0 Å². The van der Waals surface area contributed by atoms with E-state index in [1.54, 1.807) is 0 Å². The first-order chi connectivity index (χ1) is 6.97. The van der Waals surface area contributed by atoms with Crippen molar-refractivity contribution in [2.45, 2.75) is 40.5 Å². The molecule has 0 aliphatic heterocycles. The van der Waals surface area contributed by atoms with Gasteiger partial charge in [0.05, 0.1) is 0 Å². The van der Waals surface area contributed by atoms with E-state index in [4.69, 9.17) is 11.6 Å². The maximum Gasteiger partial charge on any atom is 0.133 e. The van der Waals surface area contributed by atoms with Crippen LogP contribution in [-0.2, 0) is 12.8 Å². The monoisotopic (exact) mass is 226 g/mol. The minimum Gasteiger partial charge on any atom is -0.238 e. The standard InChI is InChI=1S/C12H19ClN2/c1-8(2)5-10-7-11(13)15-12(14-10)6-9(3)4/h7-9H,5-6H2,1-4H3. The summed E-state index contributed by atoms with van der Waals surface area (Å²) in [6.07, 6.45) is 1.86. The number of aromatic nitrogens is 2. The van der Waals surface area contributed by atoms with Gasteiger partial charge >= 0.3 is 0 Å². The summed E-state index contributed by atoms with van der Waals surface area (Å²) >= 11 is 5.97. The summed E-state index contributed by atoms with van der Waals surface area (Å²) in [7, 11) is 0. The Morgan fingerprint density at radius 2 is 1.67 bits per heavy atom. The highest BCUT2D eigenvalue weighted by molar-refractivity contribution is 6.29. The van der Waals surface area contributed by atoms with Gasteiger partial charge in [-0.1, -0.05) is 39.3 Å². The van der Waals surface area contributed by atoms with Gasteiger partial charge in [-0.2, -0.15) is 0 Å². The maximum absolute atomic E-state index is 5.97. The summed E-state index contributed by atoms with van der Waals surface area (Å²) < 4.78 is 0. The van der Waals surface area contributed by atoms with Crippen molar-refractivity contribution in [2.24, 2.45) is 11.8 Å². The minimum atomic E-state index is 0.565. The molecule has 1 aromatic heterocycles. The molecule has 15 heavy (non-hydrogen) atoms. The van der Waals surface area contributed by atoms with Crippen molar-refractivity contribution in [3.63, 3.8) is 0 Å². The van der Waals surface area contributed by atoms with Crippen LogP contribution in [0.4, 0.5) is 0 Å². The van der Waals surface area contributed by atoms with Crippen LogP contribution < -0.4 is 0 Å². The molecule has 0 fully saturated rings. The van der Waals surface area contributed by atoms with E-state index >= 15 is 0 Å². The molecule has 1 rings (SSSR count). The first-order valence-electron chi connectivity index (χ1n) is 5.49. The van der Waals surface area contributed by atoms with Crippen molar-refractivity contribution in [1.29, 1.82) is 0 Å². The highest BCUT2D eigenvalue weighted by atomic mass is 35.5. The van der Waals surface area contributed by atoms with Crippen molar-refractivity contribution < 1.29 is 0 Å². The third-order valence-corrected chi connectivity index (χ3v) is 2.20. The molecule has 0 atom stereocenters. The van der Waals surface area contributed by atoms with Crippen LogP contribution >= 0.6 is 11.6 Å². The van der Waals surface area contributed by atoms with Gasteiger partial charge < -0.3 is 0 Å². The number of nitrogens with zero attached hydrogens (tertiary/aromatic N) is 2. The third kappa shape index (κ3) is 4.61. The van der Waals surface area contributed by atoms with E-state index in [9.17, 15) is 0 Å². The van der Waals surface area contributed by atoms with Gasteiger partial charge in [-0.3, -0.25) is 0 Å². The van der Waals surface area contributed by atoms with Crippen LogP contribution in [0, 0.1) is 11.8 Å². The first-order valence-corrected chi connectivity index (χ1v) is 5.87. The molecule has 0 unspecified atom stereocenters. The molecule has 0 aromatic carbocycles. The van der Waals surface area contributed by atoms with Crippen LogP contribution in [0.2, 0.25) is 5.15 Å². The maximum atomic E-state index is 5.97. The Morgan fingerprint density at radius 1 is 1.07 bits per heavy atom. The van der Waals surface area contributed by atoms with E-state index in [2.05, 4.69) is 37.7 Å². The van der Waals surface area contributed by atoms with Crippen molar-refractivity contribution in [3.05, 3.63) is 22.7 Å². The fraction of sp³-hybridized carbons (Fsp3) is 0.667. The summed E-state index contributed by atoms with van der Waals surface area (Å²) in [6, 6.07) is 1.87. The molecule has 1 heterocycles. The zero-order valence-electron chi connectivity index (χ0n) is 9.92. The largest absolute Gasteiger partial charge is 0.238 e. The smallest absolute Gasteiger partial charge is 0.133 e. The third-order valence-electron chi connectivity index (χ3n) is 2.00. The predicted molar refractivity (Wildman–Crippen MR) is 64.1 cm³/mol. The Balaban J connectivity index is 2.84. The Hall–Kier alpha value is -0.630. The average molecular weight is 227 g/mol. The van der Waals surface area contributed by atoms with Crippen molar-refractivity contribution in [1.82, 2.24) is 9.97 Å². The second-order valence-electron chi connectivity index (χ2n) is 4.79. The summed E-state index contributed by atoms with van der Waals surface area (Å²) in [5.74, 6) is 2.03. The normalized spacial score (nSPS) is 11.4. The second kappa shape index (κ2) is 5.45. The van der Waals surface area contributed by atoms with Crippen molar-refractivity contribution >= 4 is 11.6 Å². The molecule has 0 amide bonds. The van der Waals surface area contributed by atoms with Crippen molar-refractivity contribution in [3.8, 4) is 0 Å². The van der Waals surface area contributed by atoms with E-state index < -0.39 is 0 Å². The molecule has 0 radical (unpaired) electrons. The molecule has 0 bridgehead atoms. The lowest BCUT2D eigenvalue weighted by molar-refractivity contribution is 0.601. The SMILES string of the molecule is CC(C)Cc1cc(Cl)nc(CC(C)C)n1. The van der Waals surface area contributed by atoms with Gasteiger partial charge in [0.25, 0.3) is 0 Å². The van der Waals surface area contributed by atoms with Crippen LogP contribution in [0.5, 0.6) is 0 Å². The van der Waals surface area contributed by atoms with E-state index in [-0.39, 0.29) is 0 Å². The molecule has 1 aromatic rings. The lowest BCUT2D eigenvalue weighted by Gasteiger charge is -2.08. The van der Waals surface area contributed by atoms with E-state index in [1.807, 2.05) is 6.07 Å². The molecule has 0 aliphatic rings. The molecule has 0 spiro atoms. The molecule has 0 N–H and O–H groups in total. The predicted octanol–water partition coefficient (Wildman–Crippen LogP) is 3.53. The van der Waals surface area contributed by atoms with Gasteiger partial charge in [-0.15, -0.1) is 0 Å². The van der Waals surface area contributed by atoms with Crippen LogP contribution in [0.1, 0.15) is 39.2 Å². The lowest BCUT2D eigenvalue weighted by Crippen LogP contribution is -2.05. The Labute approximate surface area is 97.1 Å². The topological polar surface area (TPSA) is 25.8 Å². The average Bonchev–Trinajstić information content (AvgIpc) is 1.98. The summed E-state index contributed by atoms with van der Waals surface area (Å²) in [5.41, 5.74) is 1.06. The zero-order valence-corrected chi connectivity index (χ0v) is 10.7. The molecular formula is C12H19ClN2. The van der Waals surface area contributed by atoms with Crippen LogP contribution in [-0.4, -0.2) is 9.97 Å². The van der Waals surface area contributed by atoms with Gasteiger partial charge in [0.1, 0.15) is 11.0 Å². The molecular weight excluding hydrogens is 208 g/mol. The number of rotatable bonds is 4.